The van der Waals surface area contributed by atoms with Crippen LogP contribution in [0, 0.1) is 58.8 Å². The van der Waals surface area contributed by atoms with Gasteiger partial charge >= 0.3 is 0 Å². The van der Waals surface area contributed by atoms with Crippen LogP contribution in [0.25, 0.3) is 0 Å². The number of fused-ring (bicyclic) bond motifs is 21. The van der Waals surface area contributed by atoms with Gasteiger partial charge in [-0.15, -0.1) is 5.54 Å². The average Bonchev–Trinajstić information content (AvgIpc) is 4.09. The Bertz CT molecular complexity index is 1870. The van der Waals surface area contributed by atoms with Crippen LogP contribution in [0.15, 0.2) is 29.3 Å². The molecule has 1 aromatic carbocycles. The molecule has 0 aromatic heterocycles. The van der Waals surface area contributed by atoms with Gasteiger partial charge in [0, 0.05) is 17.7 Å². The molecule has 10 aliphatic rings. The Kier molecular flexibility index (Phi) is 12.7. The van der Waals surface area contributed by atoms with Crippen molar-refractivity contribution in [3.63, 3.8) is 0 Å². The van der Waals surface area contributed by atoms with E-state index in [0.29, 0.717) is 113 Å². The molecule has 18 atom stereocenters. The summed E-state index contributed by atoms with van der Waals surface area (Å²) in [4.78, 5) is 8.47. The number of hydrogen-bond acceptors (Lipinski definition) is 10. The minimum Gasteiger partial charge on any atom is -0.351 e. The van der Waals surface area contributed by atoms with Crippen molar-refractivity contribution < 1.29 is 0 Å². The Labute approximate surface area is 388 Å². The molecule has 352 valence electrons. The number of amidine groups is 1. The summed E-state index contributed by atoms with van der Waals surface area (Å²) in [7, 11) is -1.80. The topological polar surface area (TPSA) is 112 Å². The Hall–Kier alpha value is -1.85. The van der Waals surface area contributed by atoms with Crippen molar-refractivity contribution in [2.24, 2.45) is 52.3 Å². The third-order valence-electron chi connectivity index (χ3n) is 19.8. The van der Waals surface area contributed by atoms with Gasteiger partial charge in [0.15, 0.2) is 0 Å². The summed E-state index contributed by atoms with van der Waals surface area (Å²) in [6, 6.07) is 9.99. The van der Waals surface area contributed by atoms with Gasteiger partial charge in [0.1, 0.15) is 13.9 Å². The summed E-state index contributed by atoms with van der Waals surface area (Å²) in [6.45, 7) is 17.9. The maximum absolute atomic E-state index is 5.74. The molecule has 1 aromatic rings. The number of nitrogens with zero attached hydrogens (tertiary/aromatic N) is 2. The number of aliphatic imine (C=N–C) groups is 1. The van der Waals surface area contributed by atoms with Crippen LogP contribution in [-0.2, 0) is 0 Å². The second kappa shape index (κ2) is 18.2. The molecule has 0 amide bonds. The summed E-state index contributed by atoms with van der Waals surface area (Å²) in [5.41, 5.74) is 8.28. The van der Waals surface area contributed by atoms with Gasteiger partial charge in [-0.1, -0.05) is 105 Å². The highest BCUT2D eigenvalue weighted by Gasteiger charge is 2.57. The Morgan fingerprint density at radius 1 is 0.531 bits per heavy atom. The first-order valence-corrected chi connectivity index (χ1v) is 29.4. The molecule has 0 spiro atoms. The van der Waals surface area contributed by atoms with Gasteiger partial charge in [-0.3, -0.25) is 47.5 Å². The van der Waals surface area contributed by atoms with E-state index in [9.17, 15) is 0 Å². The molecule has 64 heavy (non-hydrogen) atoms. The van der Waals surface area contributed by atoms with E-state index >= 15 is 0 Å². The molecule has 10 nitrogen and oxygen atoms in total. The predicted octanol–water partition coefficient (Wildman–Crippen LogP) is 7.30. The van der Waals surface area contributed by atoms with E-state index in [1.54, 1.807) is 0 Å². The third kappa shape index (κ3) is 7.81. The lowest BCUT2D eigenvalue weighted by Crippen LogP contribution is -2.61. The molecule has 8 N–H and O–H groups in total. The molecule has 6 aliphatic heterocycles. The normalized spacial score (nSPS) is 43.9. The van der Waals surface area contributed by atoms with Crippen LogP contribution in [-0.4, -0.2) is 86.8 Å². The summed E-state index contributed by atoms with van der Waals surface area (Å²) < 4.78 is 0. The third-order valence-corrected chi connectivity index (χ3v) is 26.1. The van der Waals surface area contributed by atoms with E-state index in [1.165, 1.54) is 94.9 Å². The Morgan fingerprint density at radius 2 is 0.891 bits per heavy atom. The molecule has 0 radical (unpaired) electrons. The van der Waals surface area contributed by atoms with Crippen molar-refractivity contribution in [1.82, 2.24) is 47.4 Å². The van der Waals surface area contributed by atoms with Crippen molar-refractivity contribution in [3.8, 4) is 11.5 Å². The van der Waals surface area contributed by atoms with Gasteiger partial charge in [-0.05, 0) is 134 Å². The van der Waals surface area contributed by atoms with Crippen molar-refractivity contribution in [2.75, 3.05) is 6.54 Å². The summed E-state index contributed by atoms with van der Waals surface area (Å²) >= 11 is 0. The highest BCUT2D eigenvalue weighted by molar-refractivity contribution is 6.90. The molecular formula is C53H86N10Si. The van der Waals surface area contributed by atoms with Gasteiger partial charge < -0.3 is 4.90 Å². The minimum atomic E-state index is -1.80. The van der Waals surface area contributed by atoms with E-state index in [-0.39, 0.29) is 12.3 Å². The van der Waals surface area contributed by atoms with Crippen LogP contribution in [0.5, 0.6) is 0 Å². The molecule has 4 aliphatic carbocycles. The molecule has 9 fully saturated rings. The minimum absolute atomic E-state index is 0.249. The molecule has 11 rings (SSSR count). The average molecular weight is 891 g/mol. The van der Waals surface area contributed by atoms with Crippen molar-refractivity contribution in [2.45, 2.75) is 223 Å². The van der Waals surface area contributed by atoms with Crippen LogP contribution in [0.1, 0.15) is 156 Å². The molecule has 4 saturated carbocycles. The van der Waals surface area contributed by atoms with Crippen molar-refractivity contribution in [1.29, 1.82) is 0 Å². The number of nitrogens with one attached hydrogen (secondary N) is 8. The molecule has 8 bridgehead atoms. The zero-order chi connectivity index (χ0) is 43.9. The SMILES string of the molecule is CCCN1C(c2ccc(C#C[Si](C(C)C)(C(C)C)C(C)C)cc2)=NC2CC3C4NC5NC(NC6NC(NC7NC(NC(N4)C3CC21)C1CCCCC71)C1CCCCC61)C1CCCCC51. The first kappa shape index (κ1) is 44.6. The Balaban J connectivity index is 0.890. The zero-order valence-electron chi connectivity index (χ0n) is 40.6. The van der Waals surface area contributed by atoms with Crippen molar-refractivity contribution in [3.05, 3.63) is 35.4 Å². The highest BCUT2D eigenvalue weighted by atomic mass is 28.3. The van der Waals surface area contributed by atoms with E-state index in [2.05, 4.69) is 132 Å². The quantitative estimate of drug-likeness (QED) is 0.110. The van der Waals surface area contributed by atoms with Gasteiger partial charge in [-0.25, -0.2) is 0 Å². The molecular weight excluding hydrogens is 805 g/mol. The maximum Gasteiger partial charge on any atom is 0.146 e. The zero-order valence-corrected chi connectivity index (χ0v) is 41.6. The lowest BCUT2D eigenvalue weighted by atomic mass is 9.73. The smallest absolute Gasteiger partial charge is 0.146 e. The van der Waals surface area contributed by atoms with Crippen LogP contribution < -0.4 is 42.5 Å². The monoisotopic (exact) mass is 891 g/mol. The van der Waals surface area contributed by atoms with E-state index < -0.39 is 8.07 Å². The molecule has 18 unspecified atom stereocenters. The first-order chi connectivity index (χ1) is 31.1. The fourth-order valence-electron chi connectivity index (χ4n) is 16.9. The molecule has 5 saturated heterocycles. The van der Waals surface area contributed by atoms with Crippen molar-refractivity contribution >= 4 is 13.9 Å². The lowest BCUT2D eigenvalue weighted by Gasteiger charge is -2.41. The van der Waals surface area contributed by atoms with Gasteiger partial charge in [0.05, 0.1) is 61.4 Å². The Morgan fingerprint density at radius 3 is 1.25 bits per heavy atom. The van der Waals surface area contributed by atoms with E-state index in [1.807, 2.05) is 0 Å². The first-order valence-electron chi connectivity index (χ1n) is 27.2. The largest absolute Gasteiger partial charge is 0.351 e. The van der Waals surface area contributed by atoms with Gasteiger partial charge in [-0.2, -0.15) is 0 Å². The van der Waals surface area contributed by atoms with Crippen LogP contribution in [0.3, 0.4) is 0 Å². The van der Waals surface area contributed by atoms with E-state index in [0.717, 1.165) is 24.9 Å². The summed E-state index contributed by atoms with van der Waals surface area (Å²) in [6.07, 6.45) is 22.2. The highest BCUT2D eigenvalue weighted by Crippen LogP contribution is 2.48. The molecule has 11 heteroatoms. The van der Waals surface area contributed by atoms with Gasteiger partial charge in [0.2, 0.25) is 0 Å². The van der Waals surface area contributed by atoms with Crippen LogP contribution >= 0.6 is 0 Å². The number of benzene rings is 1. The second-order valence-corrected chi connectivity index (χ2v) is 29.4. The fraction of sp³-hybridized carbons (Fsp3) is 0.830. The lowest BCUT2D eigenvalue weighted by molar-refractivity contribution is 0.120. The number of rotatable bonds is 6. The maximum atomic E-state index is 5.74. The summed E-state index contributed by atoms with van der Waals surface area (Å²) in [5, 5.41) is 34.6. The van der Waals surface area contributed by atoms with Gasteiger partial charge in [0.25, 0.3) is 0 Å². The predicted molar refractivity (Wildman–Crippen MR) is 263 cm³/mol. The second-order valence-electron chi connectivity index (χ2n) is 23.8. The van der Waals surface area contributed by atoms with Crippen LogP contribution in [0.4, 0.5) is 0 Å². The van der Waals surface area contributed by atoms with Crippen LogP contribution in [0.2, 0.25) is 16.6 Å². The fourth-order valence-corrected chi connectivity index (χ4v) is 22.1. The number of hydrogen-bond donors (Lipinski definition) is 8. The standard InChI is InChI=1S/C53H86N10Si/c1-8-26-63-44-29-42-41(28-43(44)54-53(63)34-23-21-33(22-24-34)25-27-64(30(2)3,31(4)5)32(6)7)51-60-49-39-19-13-11-17-37(39)47(58-49)56-45-35-15-9-10-16-36(35)46(55-45)57-48-38-18-12-14-20-40(38)50(59-48)61-52(42)62-51/h21-24,30-32,35-52,55-62H,8-20,26,28-29H2,1-7H3. The summed E-state index contributed by atoms with van der Waals surface area (Å²) in [5.74, 6) is 10.1. The molecule has 6 heterocycles. The van der Waals surface area contributed by atoms with E-state index in [4.69, 9.17) is 4.99 Å².